The number of ether oxygens (including phenoxy) is 2. The molecule has 3 saturated heterocycles. The number of likely N-dealkylation sites (tertiary alicyclic amines) is 2. The summed E-state index contributed by atoms with van der Waals surface area (Å²) in [5.74, 6) is 2.00. The molecular formula is C24H39N5O2. The molecule has 3 heterocycles. The Bertz CT molecular complexity index is 716. The molecule has 0 amide bonds. The van der Waals surface area contributed by atoms with E-state index in [0.717, 1.165) is 70.7 Å². The number of morpholine rings is 1. The quantitative estimate of drug-likeness (QED) is 0.553. The summed E-state index contributed by atoms with van der Waals surface area (Å²) >= 11 is 0. The number of guanidine groups is 1. The molecule has 0 saturated carbocycles. The number of para-hydroxylation sites is 1. The molecule has 1 aromatic carbocycles. The van der Waals surface area contributed by atoms with Gasteiger partial charge in [-0.3, -0.25) is 14.8 Å². The van der Waals surface area contributed by atoms with E-state index in [0.29, 0.717) is 6.04 Å². The van der Waals surface area contributed by atoms with Gasteiger partial charge in [-0.05, 0) is 38.4 Å². The summed E-state index contributed by atoms with van der Waals surface area (Å²) in [6.45, 7) is 9.06. The summed E-state index contributed by atoms with van der Waals surface area (Å²) in [4.78, 5) is 12.3. The van der Waals surface area contributed by atoms with E-state index in [9.17, 15) is 0 Å². The molecule has 0 aromatic heterocycles. The van der Waals surface area contributed by atoms with E-state index < -0.39 is 0 Å². The lowest BCUT2D eigenvalue weighted by Gasteiger charge is -2.36. The van der Waals surface area contributed by atoms with E-state index >= 15 is 0 Å². The van der Waals surface area contributed by atoms with E-state index in [1.54, 1.807) is 7.11 Å². The van der Waals surface area contributed by atoms with Gasteiger partial charge in [0, 0.05) is 51.4 Å². The van der Waals surface area contributed by atoms with Gasteiger partial charge in [0.1, 0.15) is 5.75 Å². The minimum Gasteiger partial charge on any atom is -0.496 e. The molecule has 4 rings (SSSR count). The number of piperidine rings is 1. The first kappa shape index (κ1) is 22.4. The molecule has 0 radical (unpaired) electrons. The number of rotatable bonds is 6. The zero-order chi connectivity index (χ0) is 21.5. The molecule has 7 heteroatoms. The van der Waals surface area contributed by atoms with Gasteiger partial charge >= 0.3 is 0 Å². The highest BCUT2D eigenvalue weighted by Crippen LogP contribution is 2.31. The Morgan fingerprint density at radius 2 is 1.90 bits per heavy atom. The maximum atomic E-state index is 5.72. The largest absolute Gasteiger partial charge is 0.496 e. The fraction of sp³-hybridized carbons (Fsp3) is 0.708. The summed E-state index contributed by atoms with van der Waals surface area (Å²) in [6, 6.07) is 9.36. The zero-order valence-corrected chi connectivity index (χ0v) is 19.3. The lowest BCUT2D eigenvalue weighted by Crippen LogP contribution is -2.48. The number of nitrogens with zero attached hydrogens (tertiary/aromatic N) is 4. The maximum Gasteiger partial charge on any atom is 0.193 e. The zero-order valence-electron chi connectivity index (χ0n) is 19.3. The predicted octanol–water partition coefficient (Wildman–Crippen LogP) is 2.20. The fourth-order valence-corrected chi connectivity index (χ4v) is 5.30. The molecule has 0 bridgehead atoms. The van der Waals surface area contributed by atoms with Crippen molar-refractivity contribution in [2.75, 3.05) is 73.2 Å². The van der Waals surface area contributed by atoms with Crippen molar-refractivity contribution in [3.05, 3.63) is 29.8 Å². The van der Waals surface area contributed by atoms with E-state index in [1.807, 2.05) is 7.05 Å². The molecular weight excluding hydrogens is 390 g/mol. The van der Waals surface area contributed by atoms with Crippen LogP contribution in [0, 0.1) is 0 Å². The predicted molar refractivity (Wildman–Crippen MR) is 125 cm³/mol. The highest BCUT2D eigenvalue weighted by molar-refractivity contribution is 5.80. The van der Waals surface area contributed by atoms with Crippen molar-refractivity contribution in [1.29, 1.82) is 0 Å². The highest BCUT2D eigenvalue weighted by Gasteiger charge is 2.31. The molecule has 3 aliphatic heterocycles. The minimum atomic E-state index is 0.283. The van der Waals surface area contributed by atoms with Gasteiger partial charge in [-0.25, -0.2) is 0 Å². The first-order valence-electron chi connectivity index (χ1n) is 11.9. The van der Waals surface area contributed by atoms with Crippen molar-refractivity contribution >= 4 is 5.96 Å². The number of benzene rings is 1. The van der Waals surface area contributed by atoms with Crippen LogP contribution in [0.25, 0.3) is 0 Å². The van der Waals surface area contributed by atoms with E-state index in [4.69, 9.17) is 9.47 Å². The van der Waals surface area contributed by atoms with Gasteiger partial charge in [0.2, 0.25) is 0 Å². The lowest BCUT2D eigenvalue weighted by atomic mass is 10.0. The van der Waals surface area contributed by atoms with E-state index in [2.05, 4.69) is 49.3 Å². The van der Waals surface area contributed by atoms with Crippen molar-refractivity contribution in [1.82, 2.24) is 20.0 Å². The van der Waals surface area contributed by atoms with Crippen LogP contribution < -0.4 is 10.1 Å². The van der Waals surface area contributed by atoms with Crippen LogP contribution in [0.15, 0.2) is 29.3 Å². The third kappa shape index (κ3) is 5.51. The average Bonchev–Trinajstić information content (AvgIpc) is 3.33. The fourth-order valence-electron chi connectivity index (χ4n) is 5.30. The van der Waals surface area contributed by atoms with Crippen molar-refractivity contribution < 1.29 is 9.47 Å². The molecule has 3 fully saturated rings. The number of methoxy groups -OCH3 is 1. The van der Waals surface area contributed by atoms with Crippen LogP contribution in [0.2, 0.25) is 0 Å². The average molecular weight is 430 g/mol. The minimum absolute atomic E-state index is 0.283. The topological polar surface area (TPSA) is 52.6 Å². The van der Waals surface area contributed by atoms with Crippen molar-refractivity contribution in [2.24, 2.45) is 4.99 Å². The third-order valence-corrected chi connectivity index (χ3v) is 7.02. The van der Waals surface area contributed by atoms with Gasteiger partial charge in [0.05, 0.1) is 26.4 Å². The molecule has 7 nitrogen and oxygen atoms in total. The second-order valence-electron chi connectivity index (χ2n) is 8.82. The Labute approximate surface area is 187 Å². The Hall–Kier alpha value is -1.83. The van der Waals surface area contributed by atoms with Crippen LogP contribution in [-0.2, 0) is 4.74 Å². The molecule has 1 aromatic rings. The summed E-state index contributed by atoms with van der Waals surface area (Å²) < 4.78 is 11.3. The Kier molecular flexibility index (Phi) is 8.05. The van der Waals surface area contributed by atoms with Gasteiger partial charge in [0.15, 0.2) is 5.96 Å². The first-order chi connectivity index (χ1) is 15.3. The number of hydrogen-bond donors (Lipinski definition) is 1. The molecule has 172 valence electrons. The Morgan fingerprint density at radius 1 is 1.13 bits per heavy atom. The van der Waals surface area contributed by atoms with Crippen molar-refractivity contribution in [3.8, 4) is 5.75 Å². The van der Waals surface area contributed by atoms with Crippen LogP contribution in [0.1, 0.15) is 37.3 Å². The molecule has 0 spiro atoms. The molecule has 31 heavy (non-hydrogen) atoms. The first-order valence-corrected chi connectivity index (χ1v) is 11.9. The Balaban J connectivity index is 1.42. The van der Waals surface area contributed by atoms with Gasteiger partial charge < -0.3 is 19.7 Å². The Morgan fingerprint density at radius 3 is 2.65 bits per heavy atom. The van der Waals surface area contributed by atoms with Crippen molar-refractivity contribution in [2.45, 2.75) is 37.8 Å². The van der Waals surface area contributed by atoms with Crippen LogP contribution in [0.5, 0.6) is 5.75 Å². The van der Waals surface area contributed by atoms with E-state index in [-0.39, 0.29) is 6.04 Å². The highest BCUT2D eigenvalue weighted by atomic mass is 16.5. The monoisotopic (exact) mass is 429 g/mol. The summed E-state index contributed by atoms with van der Waals surface area (Å²) in [5, 5.41) is 3.72. The molecule has 3 aliphatic rings. The number of hydrogen-bond acceptors (Lipinski definition) is 5. The molecule has 2 unspecified atom stereocenters. The van der Waals surface area contributed by atoms with Crippen LogP contribution >= 0.6 is 0 Å². The standard InChI is InChI=1S/C24H39N5O2/c1-25-24(29-13-10-20(19-29)27-14-16-31-17-15-27)26-18-22(28-11-6-3-7-12-28)21-8-4-5-9-23(21)30-2/h4-5,8-9,20,22H,3,6-7,10-19H2,1-2H3,(H,25,26). The number of nitrogens with one attached hydrogen (secondary N) is 1. The number of aliphatic imine (C=N–C) groups is 1. The van der Waals surface area contributed by atoms with Crippen LogP contribution in [0.4, 0.5) is 0 Å². The molecule has 1 N–H and O–H groups in total. The van der Waals surface area contributed by atoms with Gasteiger partial charge in [0.25, 0.3) is 0 Å². The molecule has 2 atom stereocenters. The maximum absolute atomic E-state index is 5.72. The second-order valence-corrected chi connectivity index (χ2v) is 8.82. The molecule has 0 aliphatic carbocycles. The van der Waals surface area contributed by atoms with E-state index in [1.165, 1.54) is 31.2 Å². The summed E-state index contributed by atoms with van der Waals surface area (Å²) in [6.07, 6.45) is 5.07. The van der Waals surface area contributed by atoms with Gasteiger partial charge in [-0.15, -0.1) is 0 Å². The van der Waals surface area contributed by atoms with Gasteiger partial charge in [-0.1, -0.05) is 24.6 Å². The smallest absolute Gasteiger partial charge is 0.193 e. The lowest BCUT2D eigenvalue weighted by molar-refractivity contribution is 0.0194. The van der Waals surface area contributed by atoms with Gasteiger partial charge in [-0.2, -0.15) is 0 Å². The third-order valence-electron chi connectivity index (χ3n) is 7.02. The van der Waals surface area contributed by atoms with Crippen molar-refractivity contribution in [3.63, 3.8) is 0 Å². The normalized spacial score (nSPS) is 24.9. The summed E-state index contributed by atoms with van der Waals surface area (Å²) in [5.41, 5.74) is 1.27. The summed E-state index contributed by atoms with van der Waals surface area (Å²) in [7, 11) is 3.68. The SMILES string of the molecule is CN=C(NCC(c1ccccc1OC)N1CCCCC1)N1CCC(N2CCOCC2)C1. The van der Waals surface area contributed by atoms with Crippen LogP contribution in [0.3, 0.4) is 0 Å². The van der Waals surface area contributed by atoms with Crippen LogP contribution in [-0.4, -0.2) is 99.9 Å². The second kappa shape index (κ2) is 11.2.